The van der Waals surface area contributed by atoms with E-state index >= 15 is 0 Å². The maximum Gasteiger partial charge on any atom is 0.338 e. The molecule has 0 aliphatic carbocycles. The summed E-state index contributed by atoms with van der Waals surface area (Å²) in [5.74, 6) is -0.367. The number of nitrogens with zero attached hydrogens (tertiary/aromatic N) is 1. The average molecular weight is 384 g/mol. The van der Waals surface area contributed by atoms with Crippen LogP contribution in [0.2, 0.25) is 5.02 Å². The summed E-state index contributed by atoms with van der Waals surface area (Å²) in [6, 6.07) is 2.79. The molecule has 10 heteroatoms. The van der Waals surface area contributed by atoms with Crippen molar-refractivity contribution >= 4 is 29.3 Å². The van der Waals surface area contributed by atoms with Gasteiger partial charge in [0.05, 0.1) is 33.9 Å². The minimum atomic E-state index is -0.573. The van der Waals surface area contributed by atoms with Gasteiger partial charge in [0, 0.05) is 12.1 Å². The van der Waals surface area contributed by atoms with Crippen molar-refractivity contribution in [2.45, 2.75) is 26.3 Å². The molecule has 2 amide bonds. The van der Waals surface area contributed by atoms with Crippen LogP contribution in [-0.2, 0) is 9.53 Å². The highest BCUT2D eigenvalue weighted by Gasteiger charge is 2.31. The molecule has 9 nitrogen and oxygen atoms in total. The van der Waals surface area contributed by atoms with E-state index < -0.39 is 23.0 Å². The van der Waals surface area contributed by atoms with Crippen molar-refractivity contribution in [2.24, 2.45) is 0 Å². The quantitative estimate of drug-likeness (QED) is 0.424. The van der Waals surface area contributed by atoms with Crippen LogP contribution in [-0.4, -0.2) is 36.2 Å². The molecule has 1 heterocycles. The maximum absolute atomic E-state index is 12.3. The molecule has 1 aliphatic rings. The molecule has 0 bridgehead atoms. The van der Waals surface area contributed by atoms with E-state index in [9.17, 15) is 19.7 Å². The van der Waals surface area contributed by atoms with Crippen molar-refractivity contribution in [2.75, 3.05) is 13.2 Å². The number of nitrogens with one attached hydrogen (secondary N) is 2. The highest BCUT2D eigenvalue weighted by atomic mass is 35.5. The van der Waals surface area contributed by atoms with Gasteiger partial charge in [-0.25, -0.2) is 9.59 Å². The molecule has 2 rings (SSSR count). The van der Waals surface area contributed by atoms with E-state index in [1.165, 1.54) is 12.1 Å². The first kappa shape index (κ1) is 19.5. The fraction of sp³-hybridized carbons (Fsp3) is 0.375. The highest BCUT2D eigenvalue weighted by molar-refractivity contribution is 6.32. The van der Waals surface area contributed by atoms with Crippen molar-refractivity contribution in [1.29, 1.82) is 0 Å². The van der Waals surface area contributed by atoms with Crippen LogP contribution in [0.25, 0.3) is 0 Å². The number of nitro benzene ring substituents is 1. The number of amides is 2. The molecular formula is C16H18ClN3O6. The molecule has 1 aromatic carbocycles. The molecule has 0 fully saturated rings. The van der Waals surface area contributed by atoms with Crippen LogP contribution in [0.4, 0.5) is 10.5 Å². The van der Waals surface area contributed by atoms with E-state index in [0.29, 0.717) is 6.42 Å². The third-order valence-electron chi connectivity index (χ3n) is 3.65. The van der Waals surface area contributed by atoms with Gasteiger partial charge in [-0.2, -0.15) is 0 Å². The molecular weight excluding hydrogens is 366 g/mol. The zero-order valence-electron chi connectivity index (χ0n) is 14.2. The summed E-state index contributed by atoms with van der Waals surface area (Å²) >= 11 is 5.99. The summed E-state index contributed by atoms with van der Waals surface area (Å²) in [7, 11) is 0. The van der Waals surface area contributed by atoms with Crippen LogP contribution < -0.4 is 15.4 Å². The molecule has 1 atom stereocenters. The largest absolute Gasteiger partial charge is 0.486 e. The lowest BCUT2D eigenvalue weighted by Crippen LogP contribution is -2.51. The molecule has 0 radical (unpaired) electrons. The van der Waals surface area contributed by atoms with Gasteiger partial charge >= 0.3 is 12.0 Å². The predicted octanol–water partition coefficient (Wildman–Crippen LogP) is 2.54. The van der Waals surface area contributed by atoms with E-state index in [2.05, 4.69) is 10.6 Å². The first-order valence-corrected chi connectivity index (χ1v) is 8.29. The van der Waals surface area contributed by atoms with E-state index in [1.54, 1.807) is 6.92 Å². The Morgan fingerprint density at radius 1 is 1.38 bits per heavy atom. The molecule has 1 aliphatic heterocycles. The molecule has 0 spiro atoms. The van der Waals surface area contributed by atoms with Crippen molar-refractivity contribution in [1.82, 2.24) is 10.6 Å². The fourth-order valence-electron chi connectivity index (χ4n) is 2.45. The third kappa shape index (κ3) is 4.42. The highest BCUT2D eigenvalue weighted by Crippen LogP contribution is 2.29. The molecule has 140 valence electrons. The standard InChI is InChI=1S/C16H18ClN3O6/c1-3-11-14(15(21)25-4-2)12(19-16(22)18-11)8-26-13-6-5-9(20(23)24)7-10(13)17/h5-7,11H,3-4,8H2,1-2H3,(H2,18,19,22)/t11-/m1/s1. The number of carbonyl (C=O) groups excluding carboxylic acids is 2. The lowest BCUT2D eigenvalue weighted by Gasteiger charge is -2.28. The van der Waals surface area contributed by atoms with Crippen LogP contribution in [0.1, 0.15) is 20.3 Å². The van der Waals surface area contributed by atoms with Gasteiger partial charge in [0.15, 0.2) is 0 Å². The number of esters is 1. The van der Waals surface area contributed by atoms with Crippen LogP contribution >= 0.6 is 11.6 Å². The zero-order chi connectivity index (χ0) is 19.3. The Morgan fingerprint density at radius 2 is 2.12 bits per heavy atom. The number of non-ortho nitro benzene ring substituents is 1. The van der Waals surface area contributed by atoms with Gasteiger partial charge < -0.3 is 20.1 Å². The molecule has 0 aromatic heterocycles. The number of urea groups is 1. The normalized spacial score (nSPS) is 16.6. The maximum atomic E-state index is 12.3. The fourth-order valence-corrected chi connectivity index (χ4v) is 2.68. The molecule has 0 saturated carbocycles. The van der Waals surface area contributed by atoms with Gasteiger partial charge in [0.1, 0.15) is 12.4 Å². The van der Waals surface area contributed by atoms with Crippen molar-refractivity contribution in [3.8, 4) is 5.75 Å². The molecule has 0 unspecified atom stereocenters. The third-order valence-corrected chi connectivity index (χ3v) is 3.94. The number of carbonyl (C=O) groups is 2. The monoisotopic (exact) mass is 383 g/mol. The van der Waals surface area contributed by atoms with Gasteiger partial charge in [0.25, 0.3) is 5.69 Å². The Balaban J connectivity index is 2.26. The van der Waals surface area contributed by atoms with E-state index in [0.717, 1.165) is 6.07 Å². The summed E-state index contributed by atoms with van der Waals surface area (Å²) in [4.78, 5) is 34.2. The number of halogens is 1. The van der Waals surface area contributed by atoms with Crippen LogP contribution in [0.3, 0.4) is 0 Å². The number of nitro groups is 1. The smallest absolute Gasteiger partial charge is 0.338 e. The predicted molar refractivity (Wildman–Crippen MR) is 93.0 cm³/mol. The van der Waals surface area contributed by atoms with E-state index in [4.69, 9.17) is 21.1 Å². The number of hydrogen-bond donors (Lipinski definition) is 2. The lowest BCUT2D eigenvalue weighted by atomic mass is 10.0. The van der Waals surface area contributed by atoms with Gasteiger partial charge in [-0.15, -0.1) is 0 Å². The summed E-state index contributed by atoms with van der Waals surface area (Å²) in [6.45, 7) is 3.53. The summed E-state index contributed by atoms with van der Waals surface area (Å²) in [5, 5.41) is 16.0. The SMILES string of the molecule is CCOC(=O)C1=C(COc2ccc([N+](=O)[O-])cc2Cl)NC(=O)N[C@@H]1CC. The Hall–Kier alpha value is -2.81. The van der Waals surface area contributed by atoms with Gasteiger partial charge in [-0.1, -0.05) is 18.5 Å². The van der Waals surface area contributed by atoms with Crippen LogP contribution in [0.15, 0.2) is 29.5 Å². The van der Waals surface area contributed by atoms with Gasteiger partial charge in [-0.3, -0.25) is 10.1 Å². The molecule has 26 heavy (non-hydrogen) atoms. The minimum Gasteiger partial charge on any atom is -0.486 e. The average Bonchev–Trinajstić information content (AvgIpc) is 2.59. The molecule has 2 N–H and O–H groups in total. The second-order valence-corrected chi connectivity index (χ2v) is 5.74. The summed E-state index contributed by atoms with van der Waals surface area (Å²) in [5.41, 5.74) is 0.357. The second kappa shape index (κ2) is 8.52. The Bertz CT molecular complexity index is 764. The van der Waals surface area contributed by atoms with Crippen molar-refractivity contribution < 1.29 is 24.0 Å². The van der Waals surface area contributed by atoms with Crippen LogP contribution in [0.5, 0.6) is 5.75 Å². The van der Waals surface area contributed by atoms with Crippen molar-refractivity contribution in [3.63, 3.8) is 0 Å². The van der Waals surface area contributed by atoms with Crippen LogP contribution in [0, 0.1) is 10.1 Å². The summed E-state index contributed by atoms with van der Waals surface area (Å²) < 4.78 is 10.6. The van der Waals surface area contributed by atoms with E-state index in [-0.39, 0.29) is 40.9 Å². The number of ether oxygens (including phenoxy) is 2. The second-order valence-electron chi connectivity index (χ2n) is 5.33. The molecule has 0 saturated heterocycles. The lowest BCUT2D eigenvalue weighted by molar-refractivity contribution is -0.384. The topological polar surface area (TPSA) is 120 Å². The van der Waals surface area contributed by atoms with Gasteiger partial charge in [-0.05, 0) is 19.4 Å². The first-order chi connectivity index (χ1) is 12.4. The number of benzene rings is 1. The number of rotatable bonds is 7. The number of hydrogen-bond acceptors (Lipinski definition) is 6. The zero-order valence-corrected chi connectivity index (χ0v) is 15.0. The van der Waals surface area contributed by atoms with Crippen molar-refractivity contribution in [3.05, 3.63) is 44.6 Å². The van der Waals surface area contributed by atoms with Gasteiger partial charge in [0.2, 0.25) is 0 Å². The molecule has 1 aromatic rings. The Morgan fingerprint density at radius 3 is 2.69 bits per heavy atom. The minimum absolute atomic E-state index is 0.0461. The Labute approximate surface area is 154 Å². The Kier molecular flexibility index (Phi) is 6.40. The summed E-state index contributed by atoms with van der Waals surface area (Å²) in [6.07, 6.45) is 0.489. The first-order valence-electron chi connectivity index (χ1n) is 7.91. The van der Waals surface area contributed by atoms with E-state index in [1.807, 2.05) is 6.92 Å².